The Morgan fingerprint density at radius 1 is 1.38 bits per heavy atom. The standard InChI is InChI=1S/C20H20ClN3O2/c1-14-12-23-18(13-22-14)19(25)24-17-6-3-8-20(26,11-17)9-7-15-4-2-5-16(21)10-15/h2,4-5,10,12-13,17,26H,3,6,8,11H2,1H3,(H,24,25)/t17-,20+/m0/s1. The highest BCUT2D eigenvalue weighted by atomic mass is 35.5. The Labute approximate surface area is 157 Å². The highest BCUT2D eigenvalue weighted by Gasteiger charge is 2.33. The van der Waals surface area contributed by atoms with Crippen molar-refractivity contribution in [3.63, 3.8) is 0 Å². The van der Waals surface area contributed by atoms with Crippen molar-refractivity contribution in [1.82, 2.24) is 15.3 Å². The molecule has 134 valence electrons. The number of rotatable bonds is 2. The summed E-state index contributed by atoms with van der Waals surface area (Å²) in [5.74, 6) is 5.66. The zero-order valence-corrected chi connectivity index (χ0v) is 15.3. The fraction of sp³-hybridized carbons (Fsp3) is 0.350. The van der Waals surface area contributed by atoms with Gasteiger partial charge in [-0.1, -0.05) is 29.5 Å². The van der Waals surface area contributed by atoms with Gasteiger partial charge in [-0.25, -0.2) is 4.98 Å². The summed E-state index contributed by atoms with van der Waals surface area (Å²) in [5.41, 5.74) is 0.656. The normalized spacial score (nSPS) is 22.2. The lowest BCUT2D eigenvalue weighted by molar-refractivity contribution is 0.0451. The molecule has 1 aliphatic rings. The molecule has 1 aromatic heterocycles. The summed E-state index contributed by atoms with van der Waals surface area (Å²) in [7, 11) is 0. The number of aliphatic hydroxyl groups is 1. The average Bonchev–Trinajstić information content (AvgIpc) is 2.61. The number of nitrogens with one attached hydrogen (secondary N) is 1. The second kappa shape index (κ2) is 7.86. The monoisotopic (exact) mass is 369 g/mol. The van der Waals surface area contributed by atoms with Crippen LogP contribution in [0.4, 0.5) is 0 Å². The Morgan fingerprint density at radius 3 is 2.96 bits per heavy atom. The summed E-state index contributed by atoms with van der Waals surface area (Å²) in [5, 5.41) is 14.3. The molecule has 5 nitrogen and oxygen atoms in total. The van der Waals surface area contributed by atoms with Gasteiger partial charge in [0.15, 0.2) is 0 Å². The SMILES string of the molecule is Cc1cnc(C(=O)N[C@H]2CCC[C@@](O)(C#Cc3cccc(Cl)c3)C2)cn1. The van der Waals surface area contributed by atoms with Gasteiger partial charge in [0, 0.05) is 29.2 Å². The van der Waals surface area contributed by atoms with Crippen LogP contribution in [-0.4, -0.2) is 32.6 Å². The van der Waals surface area contributed by atoms with Gasteiger partial charge in [0.2, 0.25) is 0 Å². The summed E-state index contributed by atoms with van der Waals surface area (Å²) in [6.07, 6.45) is 5.56. The van der Waals surface area contributed by atoms with E-state index in [1.165, 1.54) is 6.20 Å². The van der Waals surface area contributed by atoms with Gasteiger partial charge in [-0.05, 0) is 44.4 Å². The molecule has 0 saturated heterocycles. The van der Waals surface area contributed by atoms with Crippen molar-refractivity contribution in [3.05, 3.63) is 58.6 Å². The van der Waals surface area contributed by atoms with E-state index in [1.54, 1.807) is 18.3 Å². The van der Waals surface area contributed by atoms with Crippen molar-refractivity contribution in [3.8, 4) is 11.8 Å². The molecule has 3 rings (SSSR count). The fourth-order valence-electron chi connectivity index (χ4n) is 3.01. The molecule has 2 atom stereocenters. The van der Waals surface area contributed by atoms with Crippen molar-refractivity contribution >= 4 is 17.5 Å². The average molecular weight is 370 g/mol. The number of halogens is 1. The Kier molecular flexibility index (Phi) is 5.55. The molecule has 1 heterocycles. The van der Waals surface area contributed by atoms with Gasteiger partial charge in [-0.15, -0.1) is 0 Å². The quantitative estimate of drug-likeness (QED) is 0.798. The Hall–Kier alpha value is -2.42. The van der Waals surface area contributed by atoms with Gasteiger partial charge in [-0.3, -0.25) is 9.78 Å². The van der Waals surface area contributed by atoms with Gasteiger partial charge in [-0.2, -0.15) is 0 Å². The maximum atomic E-state index is 12.3. The van der Waals surface area contributed by atoms with Crippen LogP contribution in [0.1, 0.15) is 47.4 Å². The molecular weight excluding hydrogens is 350 g/mol. The summed E-state index contributed by atoms with van der Waals surface area (Å²) in [6.45, 7) is 1.81. The Morgan fingerprint density at radius 2 is 2.23 bits per heavy atom. The van der Waals surface area contributed by atoms with Crippen LogP contribution in [0.3, 0.4) is 0 Å². The number of aromatic nitrogens is 2. The van der Waals surface area contributed by atoms with E-state index in [1.807, 2.05) is 19.1 Å². The minimum Gasteiger partial charge on any atom is -0.378 e. The van der Waals surface area contributed by atoms with E-state index in [9.17, 15) is 9.90 Å². The van der Waals surface area contributed by atoms with E-state index >= 15 is 0 Å². The molecule has 1 saturated carbocycles. The number of hydrogen-bond donors (Lipinski definition) is 2. The number of nitrogens with zero attached hydrogens (tertiary/aromatic N) is 2. The van der Waals surface area contributed by atoms with E-state index in [2.05, 4.69) is 27.1 Å². The van der Waals surface area contributed by atoms with E-state index in [0.29, 0.717) is 17.9 Å². The maximum absolute atomic E-state index is 12.3. The van der Waals surface area contributed by atoms with Crippen LogP contribution in [0.15, 0.2) is 36.7 Å². The van der Waals surface area contributed by atoms with E-state index in [4.69, 9.17) is 11.6 Å². The summed E-state index contributed by atoms with van der Waals surface area (Å²) in [6, 6.07) is 7.05. The molecule has 6 heteroatoms. The predicted molar refractivity (Wildman–Crippen MR) is 99.8 cm³/mol. The first-order chi connectivity index (χ1) is 12.4. The fourth-order valence-corrected chi connectivity index (χ4v) is 3.20. The molecule has 0 bridgehead atoms. The van der Waals surface area contributed by atoms with Gasteiger partial charge in [0.05, 0.1) is 11.9 Å². The molecule has 2 aromatic rings. The number of carbonyl (C=O) groups excluding carboxylic acids is 1. The zero-order chi connectivity index (χ0) is 18.6. The van der Waals surface area contributed by atoms with E-state index in [-0.39, 0.29) is 17.6 Å². The van der Waals surface area contributed by atoms with E-state index < -0.39 is 5.60 Å². The molecule has 1 fully saturated rings. The second-order valence-electron chi connectivity index (χ2n) is 6.60. The molecule has 26 heavy (non-hydrogen) atoms. The lowest BCUT2D eigenvalue weighted by Crippen LogP contribution is -2.45. The van der Waals surface area contributed by atoms with Crippen LogP contribution >= 0.6 is 11.6 Å². The van der Waals surface area contributed by atoms with Crippen molar-refractivity contribution in [1.29, 1.82) is 0 Å². The third-order valence-electron chi connectivity index (χ3n) is 4.34. The number of benzene rings is 1. The highest BCUT2D eigenvalue weighted by Crippen LogP contribution is 2.28. The van der Waals surface area contributed by atoms with Crippen LogP contribution in [0, 0.1) is 18.8 Å². The lowest BCUT2D eigenvalue weighted by Gasteiger charge is -2.33. The van der Waals surface area contributed by atoms with Crippen LogP contribution in [-0.2, 0) is 0 Å². The first-order valence-corrected chi connectivity index (χ1v) is 8.92. The minimum atomic E-state index is -1.13. The number of carbonyl (C=O) groups is 1. The summed E-state index contributed by atoms with van der Waals surface area (Å²) in [4.78, 5) is 20.5. The van der Waals surface area contributed by atoms with Crippen molar-refractivity contribution in [2.75, 3.05) is 0 Å². The third kappa shape index (κ3) is 4.81. The minimum absolute atomic E-state index is 0.155. The second-order valence-corrected chi connectivity index (χ2v) is 7.04. The molecule has 0 unspecified atom stereocenters. The van der Waals surface area contributed by atoms with Crippen LogP contribution in [0.25, 0.3) is 0 Å². The lowest BCUT2D eigenvalue weighted by atomic mass is 9.82. The molecule has 0 radical (unpaired) electrons. The molecule has 0 aliphatic heterocycles. The molecule has 2 N–H and O–H groups in total. The van der Waals surface area contributed by atoms with Gasteiger partial charge in [0.1, 0.15) is 11.3 Å². The first kappa shape index (κ1) is 18.4. The van der Waals surface area contributed by atoms with Crippen molar-refractivity contribution < 1.29 is 9.90 Å². The van der Waals surface area contributed by atoms with Crippen molar-refractivity contribution in [2.24, 2.45) is 0 Å². The Bertz CT molecular complexity index is 857. The Balaban J connectivity index is 1.66. The first-order valence-electron chi connectivity index (χ1n) is 8.54. The van der Waals surface area contributed by atoms with Crippen molar-refractivity contribution in [2.45, 2.75) is 44.2 Å². The molecule has 1 amide bonds. The number of aryl methyl sites for hydroxylation is 1. The maximum Gasteiger partial charge on any atom is 0.271 e. The summed E-state index contributed by atoms with van der Waals surface area (Å²) < 4.78 is 0. The predicted octanol–water partition coefficient (Wildman–Crippen LogP) is 2.89. The third-order valence-corrected chi connectivity index (χ3v) is 4.58. The molecule has 0 spiro atoms. The highest BCUT2D eigenvalue weighted by molar-refractivity contribution is 6.30. The van der Waals surface area contributed by atoms with Gasteiger partial charge < -0.3 is 10.4 Å². The topological polar surface area (TPSA) is 75.1 Å². The van der Waals surface area contributed by atoms with Crippen LogP contribution in [0.5, 0.6) is 0 Å². The zero-order valence-electron chi connectivity index (χ0n) is 14.5. The summed E-state index contributed by atoms with van der Waals surface area (Å²) >= 11 is 5.96. The molecule has 1 aromatic carbocycles. The number of amides is 1. The van der Waals surface area contributed by atoms with Crippen LogP contribution < -0.4 is 5.32 Å². The van der Waals surface area contributed by atoms with E-state index in [0.717, 1.165) is 24.1 Å². The van der Waals surface area contributed by atoms with Crippen LogP contribution in [0.2, 0.25) is 5.02 Å². The number of hydrogen-bond acceptors (Lipinski definition) is 4. The largest absolute Gasteiger partial charge is 0.378 e. The van der Waals surface area contributed by atoms with Gasteiger partial charge in [0.25, 0.3) is 5.91 Å². The molecular formula is C20H20ClN3O2. The smallest absolute Gasteiger partial charge is 0.271 e. The molecule has 1 aliphatic carbocycles. The van der Waals surface area contributed by atoms with Gasteiger partial charge >= 0.3 is 0 Å².